The largest absolute Gasteiger partial charge is 0.433 e. The standard InChI is InChI=1S/C8H5ClF2N2O/c9-5-1-4-3-12-13-6(4)2-7(5)14-8(10)11/h1-3,8H,(H,12,13). The molecule has 6 heteroatoms. The molecule has 0 aliphatic heterocycles. The van der Waals surface area contributed by atoms with Crippen molar-refractivity contribution >= 4 is 22.5 Å². The lowest BCUT2D eigenvalue weighted by molar-refractivity contribution is -0.0496. The summed E-state index contributed by atoms with van der Waals surface area (Å²) in [5.74, 6) is -0.0570. The van der Waals surface area contributed by atoms with E-state index in [9.17, 15) is 8.78 Å². The summed E-state index contributed by atoms with van der Waals surface area (Å²) >= 11 is 5.70. The number of hydrogen-bond acceptors (Lipinski definition) is 2. The van der Waals surface area contributed by atoms with Crippen LogP contribution in [0.15, 0.2) is 18.3 Å². The Labute approximate surface area is 82.6 Å². The van der Waals surface area contributed by atoms with Crippen LogP contribution in [0.1, 0.15) is 0 Å². The van der Waals surface area contributed by atoms with Gasteiger partial charge < -0.3 is 4.74 Å². The predicted molar refractivity (Wildman–Crippen MR) is 47.7 cm³/mol. The van der Waals surface area contributed by atoms with E-state index >= 15 is 0 Å². The zero-order chi connectivity index (χ0) is 10.1. The minimum absolute atomic E-state index is 0.0570. The first-order chi connectivity index (χ1) is 6.66. The first-order valence-electron chi connectivity index (χ1n) is 3.74. The Morgan fingerprint density at radius 1 is 1.43 bits per heavy atom. The molecule has 0 aliphatic rings. The summed E-state index contributed by atoms with van der Waals surface area (Å²) in [7, 11) is 0. The summed E-state index contributed by atoms with van der Waals surface area (Å²) in [6.45, 7) is -2.88. The van der Waals surface area contributed by atoms with E-state index in [-0.39, 0.29) is 10.8 Å². The normalized spacial score (nSPS) is 11.1. The van der Waals surface area contributed by atoms with Crippen LogP contribution in [0.5, 0.6) is 5.75 Å². The molecule has 1 N–H and O–H groups in total. The molecule has 0 fully saturated rings. The number of aromatic nitrogens is 2. The minimum Gasteiger partial charge on any atom is -0.433 e. The number of hydrogen-bond donors (Lipinski definition) is 1. The molecule has 0 spiro atoms. The highest BCUT2D eigenvalue weighted by molar-refractivity contribution is 6.32. The van der Waals surface area contributed by atoms with Gasteiger partial charge in [0.25, 0.3) is 0 Å². The molecule has 0 radical (unpaired) electrons. The second kappa shape index (κ2) is 3.42. The number of H-pyrrole nitrogens is 1. The second-order valence-electron chi connectivity index (χ2n) is 2.62. The molecule has 0 saturated heterocycles. The van der Waals surface area contributed by atoms with Crippen molar-refractivity contribution in [3.8, 4) is 5.75 Å². The fraction of sp³-hybridized carbons (Fsp3) is 0.125. The van der Waals surface area contributed by atoms with Crippen molar-refractivity contribution in [2.24, 2.45) is 0 Å². The fourth-order valence-corrected chi connectivity index (χ4v) is 1.35. The van der Waals surface area contributed by atoms with Gasteiger partial charge in [-0.3, -0.25) is 5.10 Å². The molecule has 74 valence electrons. The molecule has 3 nitrogen and oxygen atoms in total. The second-order valence-corrected chi connectivity index (χ2v) is 3.03. The van der Waals surface area contributed by atoms with Crippen LogP contribution in [0.4, 0.5) is 8.78 Å². The van der Waals surface area contributed by atoms with Gasteiger partial charge >= 0.3 is 6.61 Å². The van der Waals surface area contributed by atoms with Gasteiger partial charge in [-0.25, -0.2) is 0 Å². The average Bonchev–Trinajstić information content (AvgIpc) is 2.51. The van der Waals surface area contributed by atoms with E-state index in [4.69, 9.17) is 11.6 Å². The van der Waals surface area contributed by atoms with Crippen molar-refractivity contribution in [2.45, 2.75) is 6.61 Å². The van der Waals surface area contributed by atoms with Gasteiger partial charge in [0.15, 0.2) is 0 Å². The van der Waals surface area contributed by atoms with Crippen LogP contribution in [0.3, 0.4) is 0 Å². The third-order valence-corrected chi connectivity index (χ3v) is 2.00. The lowest BCUT2D eigenvalue weighted by Gasteiger charge is -2.05. The van der Waals surface area contributed by atoms with E-state index in [1.165, 1.54) is 12.1 Å². The maximum atomic E-state index is 11.9. The quantitative estimate of drug-likeness (QED) is 0.842. The number of rotatable bonds is 2. The number of benzene rings is 1. The number of alkyl halides is 2. The maximum absolute atomic E-state index is 11.9. The van der Waals surface area contributed by atoms with Crippen molar-refractivity contribution in [1.29, 1.82) is 0 Å². The smallest absolute Gasteiger partial charge is 0.387 e. The summed E-state index contributed by atoms with van der Waals surface area (Å²) < 4.78 is 28.0. The molecule has 14 heavy (non-hydrogen) atoms. The number of aromatic amines is 1. The monoisotopic (exact) mass is 218 g/mol. The van der Waals surface area contributed by atoms with E-state index in [1.807, 2.05) is 0 Å². The molecule has 1 aromatic carbocycles. The fourth-order valence-electron chi connectivity index (χ4n) is 1.13. The summed E-state index contributed by atoms with van der Waals surface area (Å²) in [5, 5.41) is 7.25. The Balaban J connectivity index is 2.48. The van der Waals surface area contributed by atoms with Crippen molar-refractivity contribution in [3.05, 3.63) is 23.4 Å². The van der Waals surface area contributed by atoms with Crippen molar-refractivity contribution < 1.29 is 13.5 Å². The summed E-state index contributed by atoms with van der Waals surface area (Å²) in [4.78, 5) is 0. The molecule has 0 bridgehead atoms. The number of fused-ring (bicyclic) bond motifs is 1. The molecule has 0 aliphatic carbocycles. The van der Waals surface area contributed by atoms with Gasteiger partial charge in [0.05, 0.1) is 16.7 Å². The Morgan fingerprint density at radius 3 is 2.93 bits per heavy atom. The number of nitrogens with one attached hydrogen (secondary N) is 1. The van der Waals surface area contributed by atoms with Crippen LogP contribution >= 0.6 is 11.6 Å². The number of halogens is 3. The zero-order valence-electron chi connectivity index (χ0n) is 6.80. The van der Waals surface area contributed by atoms with Crippen LogP contribution in [0.25, 0.3) is 10.9 Å². The predicted octanol–water partition coefficient (Wildman–Crippen LogP) is 2.82. The SMILES string of the molecule is FC(F)Oc1cc2[nH]ncc2cc1Cl. The average molecular weight is 219 g/mol. The molecule has 0 unspecified atom stereocenters. The van der Waals surface area contributed by atoms with Crippen LogP contribution in [-0.4, -0.2) is 16.8 Å². The molecule has 2 aromatic rings. The van der Waals surface area contributed by atoms with Crippen molar-refractivity contribution in [3.63, 3.8) is 0 Å². The first-order valence-corrected chi connectivity index (χ1v) is 4.12. The number of nitrogens with zero attached hydrogens (tertiary/aromatic N) is 1. The van der Waals surface area contributed by atoms with Crippen LogP contribution in [0.2, 0.25) is 5.02 Å². The summed E-state index contributed by atoms with van der Waals surface area (Å²) in [6, 6.07) is 2.90. The van der Waals surface area contributed by atoms with E-state index in [0.717, 1.165) is 5.39 Å². The Morgan fingerprint density at radius 2 is 2.21 bits per heavy atom. The van der Waals surface area contributed by atoms with Crippen LogP contribution < -0.4 is 4.74 Å². The highest BCUT2D eigenvalue weighted by atomic mass is 35.5. The minimum atomic E-state index is -2.88. The van der Waals surface area contributed by atoms with Gasteiger partial charge in [0, 0.05) is 11.5 Å². The Bertz CT molecular complexity index is 458. The lowest BCUT2D eigenvalue weighted by Crippen LogP contribution is -2.02. The van der Waals surface area contributed by atoms with Gasteiger partial charge in [0.2, 0.25) is 0 Å². The molecular weight excluding hydrogens is 214 g/mol. The van der Waals surface area contributed by atoms with E-state index in [1.54, 1.807) is 6.20 Å². The molecular formula is C8H5ClF2N2O. The summed E-state index contributed by atoms with van der Waals surface area (Å²) in [5.41, 5.74) is 0.602. The molecule has 1 aromatic heterocycles. The van der Waals surface area contributed by atoms with E-state index in [2.05, 4.69) is 14.9 Å². The lowest BCUT2D eigenvalue weighted by atomic mass is 10.2. The van der Waals surface area contributed by atoms with Gasteiger partial charge in [-0.05, 0) is 6.07 Å². The van der Waals surface area contributed by atoms with E-state index in [0.29, 0.717) is 5.52 Å². The molecule has 0 saturated carbocycles. The highest BCUT2D eigenvalue weighted by Crippen LogP contribution is 2.29. The van der Waals surface area contributed by atoms with Crippen molar-refractivity contribution in [1.82, 2.24) is 10.2 Å². The topological polar surface area (TPSA) is 37.9 Å². The number of ether oxygens (including phenoxy) is 1. The maximum Gasteiger partial charge on any atom is 0.387 e. The molecule has 1 heterocycles. The van der Waals surface area contributed by atoms with Crippen LogP contribution in [0, 0.1) is 0 Å². The third-order valence-electron chi connectivity index (χ3n) is 1.71. The van der Waals surface area contributed by atoms with Gasteiger partial charge in [0.1, 0.15) is 5.75 Å². The highest BCUT2D eigenvalue weighted by Gasteiger charge is 2.10. The van der Waals surface area contributed by atoms with Gasteiger partial charge in [-0.15, -0.1) is 0 Å². The van der Waals surface area contributed by atoms with Crippen LogP contribution in [-0.2, 0) is 0 Å². The Hall–Kier alpha value is -1.36. The third kappa shape index (κ3) is 1.63. The van der Waals surface area contributed by atoms with E-state index < -0.39 is 6.61 Å². The first kappa shape index (κ1) is 9.21. The zero-order valence-corrected chi connectivity index (χ0v) is 7.55. The molecule has 0 atom stereocenters. The van der Waals surface area contributed by atoms with Crippen molar-refractivity contribution in [2.75, 3.05) is 0 Å². The Kier molecular flexibility index (Phi) is 2.25. The molecule has 2 rings (SSSR count). The summed E-state index contributed by atoms with van der Waals surface area (Å²) in [6.07, 6.45) is 1.55. The van der Waals surface area contributed by atoms with Gasteiger partial charge in [-0.2, -0.15) is 13.9 Å². The molecule has 0 amide bonds. The van der Waals surface area contributed by atoms with Gasteiger partial charge in [-0.1, -0.05) is 11.6 Å².